The van der Waals surface area contributed by atoms with Gasteiger partial charge >= 0.3 is 6.36 Å². The van der Waals surface area contributed by atoms with E-state index in [4.69, 9.17) is 0 Å². The monoisotopic (exact) mass is 561 g/mol. The summed E-state index contributed by atoms with van der Waals surface area (Å²) in [6, 6.07) is 11.4. The number of hydrogen-bond acceptors (Lipinski definition) is 8. The Bertz CT molecular complexity index is 1260. The van der Waals surface area contributed by atoms with Crippen molar-refractivity contribution in [3.63, 3.8) is 0 Å². The summed E-state index contributed by atoms with van der Waals surface area (Å²) in [4.78, 5) is 36.3. The van der Waals surface area contributed by atoms with Crippen LogP contribution >= 0.6 is 11.8 Å². The Morgan fingerprint density at radius 3 is 2.44 bits per heavy atom. The highest BCUT2D eigenvalue weighted by atomic mass is 32.2. The van der Waals surface area contributed by atoms with Crippen LogP contribution in [0.4, 0.5) is 18.9 Å². The summed E-state index contributed by atoms with van der Waals surface area (Å²) in [7, 11) is 0. The lowest BCUT2D eigenvalue weighted by Gasteiger charge is -2.29. The molecule has 206 valence electrons. The van der Waals surface area contributed by atoms with Crippen LogP contribution < -0.4 is 15.4 Å². The molecule has 1 aliphatic heterocycles. The number of aromatic nitrogens is 2. The van der Waals surface area contributed by atoms with Crippen molar-refractivity contribution < 1.29 is 32.6 Å². The molecule has 1 fully saturated rings. The van der Waals surface area contributed by atoms with Gasteiger partial charge in [-0.1, -0.05) is 11.8 Å². The van der Waals surface area contributed by atoms with Crippen LogP contribution in [0.15, 0.2) is 72.1 Å². The zero-order valence-electron chi connectivity index (χ0n) is 20.6. The molecule has 2 amide bonds. The van der Waals surface area contributed by atoms with E-state index in [-0.39, 0.29) is 29.8 Å². The van der Waals surface area contributed by atoms with Crippen molar-refractivity contribution in [2.45, 2.75) is 35.7 Å². The highest BCUT2D eigenvalue weighted by molar-refractivity contribution is 7.99. The second-order valence-corrected chi connectivity index (χ2v) is 9.83. The number of anilines is 1. The van der Waals surface area contributed by atoms with Crippen LogP contribution in [0.3, 0.4) is 0 Å². The zero-order valence-corrected chi connectivity index (χ0v) is 21.4. The summed E-state index contributed by atoms with van der Waals surface area (Å²) in [6.45, 7) is 1.41. The van der Waals surface area contributed by atoms with E-state index in [0.29, 0.717) is 31.0 Å². The molecule has 1 aliphatic rings. The second-order valence-electron chi connectivity index (χ2n) is 8.74. The molecule has 1 unspecified atom stereocenters. The zero-order chi connectivity index (χ0) is 27.8. The Morgan fingerprint density at radius 1 is 1.08 bits per heavy atom. The maximum Gasteiger partial charge on any atom is 0.573 e. The topological polar surface area (TPSA) is 117 Å². The average molecular weight is 562 g/mol. The van der Waals surface area contributed by atoms with Gasteiger partial charge in [0.1, 0.15) is 16.1 Å². The van der Waals surface area contributed by atoms with Crippen LogP contribution in [0.25, 0.3) is 0 Å². The van der Waals surface area contributed by atoms with Crippen molar-refractivity contribution in [3.8, 4) is 5.75 Å². The van der Waals surface area contributed by atoms with Crippen molar-refractivity contribution in [2.75, 3.05) is 25.0 Å². The number of likely N-dealkylation sites (tertiary alicyclic amines) is 1. The van der Waals surface area contributed by atoms with E-state index >= 15 is 0 Å². The maximum atomic E-state index is 13.1. The second kappa shape index (κ2) is 12.9. The van der Waals surface area contributed by atoms with Gasteiger partial charge in [0.15, 0.2) is 0 Å². The van der Waals surface area contributed by atoms with Gasteiger partial charge in [-0.15, -0.1) is 13.2 Å². The number of benzene rings is 1. The van der Waals surface area contributed by atoms with Crippen LogP contribution in [-0.2, 0) is 4.79 Å². The van der Waals surface area contributed by atoms with Gasteiger partial charge in [0.2, 0.25) is 5.91 Å². The van der Waals surface area contributed by atoms with Crippen LogP contribution in [0.2, 0.25) is 0 Å². The molecule has 2 aromatic heterocycles. The van der Waals surface area contributed by atoms with Gasteiger partial charge in [-0.2, -0.15) is 0 Å². The van der Waals surface area contributed by atoms with E-state index in [1.807, 2.05) is 4.90 Å². The number of hydrogen-bond donors (Lipinski definition) is 3. The number of rotatable bonds is 9. The number of piperidine rings is 1. The first kappa shape index (κ1) is 28.3. The number of aliphatic hydroxyl groups excluding tert-OH is 1. The van der Waals surface area contributed by atoms with Crippen LogP contribution in [0.5, 0.6) is 5.75 Å². The molecule has 0 bridgehead atoms. The molecule has 3 heterocycles. The smallest absolute Gasteiger partial charge is 0.406 e. The molecule has 1 saturated heterocycles. The van der Waals surface area contributed by atoms with Gasteiger partial charge in [-0.25, -0.2) is 4.98 Å². The van der Waals surface area contributed by atoms with Gasteiger partial charge in [0.25, 0.3) is 5.91 Å². The lowest BCUT2D eigenvalue weighted by Crippen LogP contribution is -2.43. The fourth-order valence-electron chi connectivity index (χ4n) is 3.90. The van der Waals surface area contributed by atoms with Gasteiger partial charge < -0.3 is 20.5 Å². The first-order valence-electron chi connectivity index (χ1n) is 12.0. The fourth-order valence-corrected chi connectivity index (χ4v) is 5.02. The highest BCUT2D eigenvalue weighted by Gasteiger charge is 2.31. The molecule has 1 atom stereocenters. The molecule has 0 aliphatic carbocycles. The predicted molar refractivity (Wildman–Crippen MR) is 138 cm³/mol. The molecule has 13 heteroatoms. The Balaban J connectivity index is 1.47. The number of thioether (sulfide) groups is 1. The summed E-state index contributed by atoms with van der Waals surface area (Å²) in [6.07, 6.45) is 0.777. The predicted octanol–water partition coefficient (Wildman–Crippen LogP) is 3.99. The SMILES string of the molecule is O=C(CN1CCC(O)CC1)NC(Sc1ncccc1C(=O)Nc1ccc(OC(F)(F)F)cc1)c1ccncc1. The molecule has 0 saturated carbocycles. The number of pyridine rings is 2. The number of carbonyl (C=O) groups is 2. The average Bonchev–Trinajstić information content (AvgIpc) is 2.91. The third kappa shape index (κ3) is 8.67. The summed E-state index contributed by atoms with van der Waals surface area (Å²) in [5, 5.41) is 15.1. The Labute approximate surface area is 226 Å². The highest BCUT2D eigenvalue weighted by Crippen LogP contribution is 2.34. The standard InChI is InChI=1S/C26H26F3N5O4S/c27-26(28,29)38-20-5-3-18(4-6-20)32-23(37)21-2-1-11-31-25(21)39-24(17-7-12-30-13-8-17)33-22(36)16-34-14-9-19(35)10-15-34/h1-8,11-13,19,24,35H,9-10,14-16H2,(H,32,37)(H,33,36). The number of nitrogens with zero attached hydrogens (tertiary/aromatic N) is 3. The number of alkyl halides is 3. The number of carbonyl (C=O) groups excluding carboxylic acids is 2. The molecule has 4 rings (SSSR count). The van der Waals surface area contributed by atoms with E-state index in [9.17, 15) is 27.9 Å². The number of ether oxygens (including phenoxy) is 1. The minimum absolute atomic E-state index is 0.165. The van der Waals surface area contributed by atoms with E-state index in [0.717, 1.165) is 17.7 Å². The summed E-state index contributed by atoms with van der Waals surface area (Å²) >= 11 is 1.17. The molecule has 0 spiro atoms. The largest absolute Gasteiger partial charge is 0.573 e. The lowest BCUT2D eigenvalue weighted by atomic mass is 10.1. The molecule has 9 nitrogen and oxygen atoms in total. The molecular weight excluding hydrogens is 535 g/mol. The normalized spacial score (nSPS) is 15.4. The van der Waals surface area contributed by atoms with Crippen LogP contribution in [0, 0.1) is 0 Å². The van der Waals surface area contributed by atoms with Gasteiger partial charge in [0.05, 0.1) is 18.2 Å². The number of amides is 2. The van der Waals surface area contributed by atoms with Gasteiger partial charge in [0, 0.05) is 37.4 Å². The quantitative estimate of drug-likeness (QED) is 0.265. The third-order valence-electron chi connectivity index (χ3n) is 5.82. The van der Waals surface area contributed by atoms with Gasteiger partial charge in [-0.3, -0.25) is 19.5 Å². The number of nitrogens with one attached hydrogen (secondary N) is 2. The van der Waals surface area contributed by atoms with Crippen molar-refractivity contribution in [1.29, 1.82) is 0 Å². The molecule has 0 radical (unpaired) electrons. The molecule has 3 aromatic rings. The summed E-state index contributed by atoms with van der Waals surface area (Å²) < 4.78 is 41.1. The Kier molecular flexibility index (Phi) is 9.38. The maximum absolute atomic E-state index is 13.1. The van der Waals surface area contributed by atoms with Gasteiger partial charge in [-0.05, 0) is 66.9 Å². The third-order valence-corrected chi connectivity index (χ3v) is 6.99. The van der Waals surface area contributed by atoms with E-state index < -0.39 is 23.4 Å². The first-order chi connectivity index (χ1) is 18.7. The number of halogens is 3. The van der Waals surface area contributed by atoms with Crippen molar-refractivity contribution in [3.05, 3.63) is 78.2 Å². The molecular formula is C26H26F3N5O4S. The van der Waals surface area contributed by atoms with E-state index in [2.05, 4.69) is 25.3 Å². The fraction of sp³-hybridized carbons (Fsp3) is 0.308. The summed E-state index contributed by atoms with van der Waals surface area (Å²) in [5.41, 5.74) is 1.23. The van der Waals surface area contributed by atoms with Crippen LogP contribution in [0.1, 0.15) is 34.1 Å². The summed E-state index contributed by atoms with van der Waals surface area (Å²) in [5.74, 6) is -1.15. The minimum Gasteiger partial charge on any atom is -0.406 e. The first-order valence-corrected chi connectivity index (χ1v) is 12.9. The molecule has 39 heavy (non-hydrogen) atoms. The molecule has 1 aromatic carbocycles. The Hall–Kier alpha value is -3.68. The van der Waals surface area contributed by atoms with E-state index in [1.54, 1.807) is 36.7 Å². The van der Waals surface area contributed by atoms with E-state index in [1.165, 1.54) is 30.1 Å². The minimum atomic E-state index is -4.82. The number of aliphatic hydroxyl groups is 1. The van der Waals surface area contributed by atoms with Crippen molar-refractivity contribution in [1.82, 2.24) is 20.2 Å². The van der Waals surface area contributed by atoms with Crippen molar-refractivity contribution >= 4 is 29.3 Å². The lowest BCUT2D eigenvalue weighted by molar-refractivity contribution is -0.274. The van der Waals surface area contributed by atoms with Crippen LogP contribution in [-0.4, -0.2) is 63.9 Å². The molecule has 3 N–H and O–H groups in total. The van der Waals surface area contributed by atoms with Crippen molar-refractivity contribution in [2.24, 2.45) is 0 Å². The Morgan fingerprint density at radius 2 is 1.77 bits per heavy atom.